The Labute approximate surface area is 119 Å². The third-order valence-electron chi connectivity index (χ3n) is 2.90. The van der Waals surface area contributed by atoms with Crippen molar-refractivity contribution in [2.75, 3.05) is 7.11 Å². The third-order valence-corrected chi connectivity index (χ3v) is 3.85. The van der Waals surface area contributed by atoms with E-state index in [-0.39, 0.29) is 22.4 Å². The second-order valence-corrected chi connectivity index (χ2v) is 5.78. The molecule has 0 fully saturated rings. The number of hydrogen-bond acceptors (Lipinski definition) is 4. The van der Waals surface area contributed by atoms with Gasteiger partial charge in [0.1, 0.15) is 5.75 Å². The van der Waals surface area contributed by atoms with E-state index in [1.807, 2.05) is 0 Å². The molecule has 0 N–H and O–H groups in total. The van der Waals surface area contributed by atoms with Crippen molar-refractivity contribution in [3.8, 4) is 11.5 Å². The van der Waals surface area contributed by atoms with Crippen molar-refractivity contribution in [2.24, 2.45) is 0 Å². The monoisotopic (exact) mass is 320 g/mol. The molecule has 0 spiro atoms. The van der Waals surface area contributed by atoms with E-state index in [9.17, 15) is 21.6 Å². The van der Waals surface area contributed by atoms with Gasteiger partial charge in [0.25, 0.3) is 0 Å². The summed E-state index contributed by atoms with van der Waals surface area (Å²) in [6.07, 6.45) is 0. The summed E-state index contributed by atoms with van der Waals surface area (Å²) in [5.41, 5.74) is -5.33. The summed E-state index contributed by atoms with van der Waals surface area (Å²) in [6, 6.07) is 7.92. The lowest BCUT2D eigenvalue weighted by molar-refractivity contribution is -0.0499. The maximum Gasteiger partial charge on any atom is 0.534 e. The number of benzene rings is 2. The third kappa shape index (κ3) is 2.76. The van der Waals surface area contributed by atoms with Gasteiger partial charge in [0.05, 0.1) is 7.11 Å². The Hall–Kier alpha value is -1.96. The normalized spacial score (nSPS) is 12.4. The van der Waals surface area contributed by atoms with E-state index in [0.29, 0.717) is 5.39 Å². The Morgan fingerprint density at radius 1 is 1.14 bits per heavy atom. The van der Waals surface area contributed by atoms with Gasteiger partial charge >= 0.3 is 15.6 Å². The van der Waals surface area contributed by atoms with Crippen LogP contribution in [-0.2, 0) is 10.1 Å². The van der Waals surface area contributed by atoms with Crippen LogP contribution in [0.5, 0.6) is 11.5 Å². The molecule has 0 unspecified atom stereocenters. The topological polar surface area (TPSA) is 52.6 Å². The molecule has 0 amide bonds. The number of halogens is 3. The standard InChI is InChI=1S/C13H11F3O4S/c1-8-11(19-2)7-9-5-3-4-6-10(9)12(8)20-21(17,18)13(14,15)16/h3-7H,1-2H3. The molecule has 2 rings (SSSR count). The number of hydrogen-bond donors (Lipinski definition) is 0. The number of ether oxygens (including phenoxy) is 1. The van der Waals surface area contributed by atoms with Gasteiger partial charge in [-0.2, -0.15) is 21.6 Å². The fraction of sp³-hybridized carbons (Fsp3) is 0.231. The first kappa shape index (κ1) is 15.4. The van der Waals surface area contributed by atoms with Crippen molar-refractivity contribution in [1.29, 1.82) is 0 Å². The summed E-state index contributed by atoms with van der Waals surface area (Å²) < 4.78 is 69.3. The quantitative estimate of drug-likeness (QED) is 0.642. The molecule has 8 heteroatoms. The largest absolute Gasteiger partial charge is 0.534 e. The highest BCUT2D eigenvalue weighted by molar-refractivity contribution is 7.88. The fourth-order valence-electron chi connectivity index (χ4n) is 1.87. The summed E-state index contributed by atoms with van der Waals surface area (Å²) in [4.78, 5) is 0. The van der Waals surface area contributed by atoms with E-state index in [4.69, 9.17) is 4.74 Å². The molecule has 0 saturated heterocycles. The summed E-state index contributed by atoms with van der Waals surface area (Å²) in [5, 5.41) is 0.760. The van der Waals surface area contributed by atoms with Gasteiger partial charge in [-0.15, -0.1) is 0 Å². The minimum atomic E-state index is -5.75. The van der Waals surface area contributed by atoms with Crippen LogP contribution in [-0.4, -0.2) is 21.0 Å². The first-order valence-electron chi connectivity index (χ1n) is 5.74. The molecule has 0 bridgehead atoms. The predicted octanol–water partition coefficient (Wildman–Crippen LogP) is 3.39. The molecular weight excluding hydrogens is 309 g/mol. The first-order chi connectivity index (χ1) is 9.67. The highest BCUT2D eigenvalue weighted by Crippen LogP contribution is 2.39. The molecule has 0 aliphatic carbocycles. The van der Waals surface area contributed by atoms with Gasteiger partial charge in [0, 0.05) is 10.9 Å². The van der Waals surface area contributed by atoms with Crippen LogP contribution in [0.25, 0.3) is 10.8 Å². The molecule has 2 aromatic rings. The summed E-state index contributed by atoms with van der Waals surface area (Å²) in [6.45, 7) is 1.42. The number of fused-ring (bicyclic) bond motifs is 1. The van der Waals surface area contributed by atoms with Crippen molar-refractivity contribution in [2.45, 2.75) is 12.4 Å². The Bertz CT molecular complexity index is 782. The van der Waals surface area contributed by atoms with Crippen LogP contribution in [0, 0.1) is 6.92 Å². The lowest BCUT2D eigenvalue weighted by Gasteiger charge is -2.16. The average Bonchev–Trinajstić information content (AvgIpc) is 2.40. The minimum Gasteiger partial charge on any atom is -0.496 e. The van der Waals surface area contributed by atoms with Crippen LogP contribution >= 0.6 is 0 Å². The lowest BCUT2D eigenvalue weighted by Crippen LogP contribution is -2.28. The average molecular weight is 320 g/mol. The molecule has 0 aliphatic rings. The molecule has 0 aromatic heterocycles. The molecule has 114 valence electrons. The van der Waals surface area contributed by atoms with Gasteiger partial charge in [-0.1, -0.05) is 24.3 Å². The molecule has 0 radical (unpaired) electrons. The maximum absolute atomic E-state index is 12.5. The van der Waals surface area contributed by atoms with Gasteiger partial charge in [0.2, 0.25) is 0 Å². The van der Waals surface area contributed by atoms with E-state index >= 15 is 0 Å². The van der Waals surface area contributed by atoms with Gasteiger partial charge in [-0.05, 0) is 18.4 Å². The maximum atomic E-state index is 12.5. The van der Waals surface area contributed by atoms with Crippen LogP contribution in [0.3, 0.4) is 0 Å². The highest BCUT2D eigenvalue weighted by Gasteiger charge is 2.49. The van der Waals surface area contributed by atoms with Gasteiger partial charge < -0.3 is 8.92 Å². The second-order valence-electron chi connectivity index (χ2n) is 4.24. The minimum absolute atomic E-state index is 0.170. The second kappa shape index (κ2) is 5.10. The van der Waals surface area contributed by atoms with Crippen LogP contribution in [0.1, 0.15) is 5.56 Å². The van der Waals surface area contributed by atoms with E-state index < -0.39 is 15.6 Å². The van der Waals surface area contributed by atoms with E-state index in [1.54, 1.807) is 24.3 Å². The zero-order valence-corrected chi connectivity index (χ0v) is 11.9. The van der Waals surface area contributed by atoms with Crippen LogP contribution in [0.2, 0.25) is 0 Å². The number of alkyl halides is 3. The molecule has 2 aromatic carbocycles. The van der Waals surface area contributed by atoms with Crippen molar-refractivity contribution in [3.05, 3.63) is 35.9 Å². The summed E-state index contributed by atoms with van der Waals surface area (Å²) in [7, 11) is -4.41. The number of methoxy groups -OCH3 is 1. The lowest BCUT2D eigenvalue weighted by atomic mass is 10.1. The Morgan fingerprint density at radius 3 is 2.33 bits per heavy atom. The Kier molecular flexibility index (Phi) is 3.75. The van der Waals surface area contributed by atoms with Crippen molar-refractivity contribution in [1.82, 2.24) is 0 Å². The van der Waals surface area contributed by atoms with Crippen molar-refractivity contribution < 1.29 is 30.5 Å². The zero-order chi connectivity index (χ0) is 15.8. The molecule has 0 atom stereocenters. The number of rotatable bonds is 3. The summed E-state index contributed by atoms with van der Waals surface area (Å²) >= 11 is 0. The molecule has 0 saturated carbocycles. The van der Waals surface area contributed by atoms with Crippen LogP contribution in [0.15, 0.2) is 30.3 Å². The Balaban J connectivity index is 2.71. The van der Waals surface area contributed by atoms with Crippen molar-refractivity contribution >= 4 is 20.9 Å². The summed E-state index contributed by atoms with van der Waals surface area (Å²) in [5.74, 6) is -0.150. The molecule has 0 heterocycles. The zero-order valence-electron chi connectivity index (χ0n) is 11.1. The van der Waals surface area contributed by atoms with E-state index in [1.165, 1.54) is 20.1 Å². The highest BCUT2D eigenvalue weighted by atomic mass is 32.2. The van der Waals surface area contributed by atoms with E-state index in [0.717, 1.165) is 0 Å². The molecule has 0 aliphatic heterocycles. The van der Waals surface area contributed by atoms with Crippen LogP contribution in [0.4, 0.5) is 13.2 Å². The van der Waals surface area contributed by atoms with Gasteiger partial charge in [0.15, 0.2) is 5.75 Å². The molecular formula is C13H11F3O4S. The molecule has 21 heavy (non-hydrogen) atoms. The predicted molar refractivity (Wildman–Crippen MR) is 70.8 cm³/mol. The van der Waals surface area contributed by atoms with Gasteiger partial charge in [-0.3, -0.25) is 0 Å². The first-order valence-corrected chi connectivity index (χ1v) is 7.15. The van der Waals surface area contributed by atoms with E-state index in [2.05, 4.69) is 4.18 Å². The van der Waals surface area contributed by atoms with Gasteiger partial charge in [-0.25, -0.2) is 0 Å². The Morgan fingerprint density at radius 2 is 1.76 bits per heavy atom. The van der Waals surface area contributed by atoms with Crippen molar-refractivity contribution in [3.63, 3.8) is 0 Å². The SMILES string of the molecule is COc1cc2ccccc2c(OS(=O)(=O)C(F)(F)F)c1C. The fourth-order valence-corrected chi connectivity index (χ4v) is 2.40. The molecule has 4 nitrogen and oxygen atoms in total. The smallest absolute Gasteiger partial charge is 0.496 e. The van der Waals surface area contributed by atoms with Crippen LogP contribution < -0.4 is 8.92 Å².